The molecule has 0 fully saturated rings. The molecule has 1 heterocycles. The molecule has 4 heteroatoms. The molecule has 2 rings (SSSR count). The van der Waals surface area contributed by atoms with E-state index in [4.69, 9.17) is 0 Å². The van der Waals surface area contributed by atoms with Crippen molar-refractivity contribution >= 4 is 5.91 Å². The summed E-state index contributed by atoms with van der Waals surface area (Å²) < 4.78 is 1.83. The zero-order chi connectivity index (χ0) is 15.4. The Morgan fingerprint density at radius 3 is 2.57 bits per heavy atom. The Morgan fingerprint density at radius 1 is 1.29 bits per heavy atom. The summed E-state index contributed by atoms with van der Waals surface area (Å²) in [4.78, 5) is 12.5. The summed E-state index contributed by atoms with van der Waals surface area (Å²) in [7, 11) is 0. The first-order valence-corrected chi connectivity index (χ1v) is 7.47. The number of aromatic nitrogens is 2. The highest BCUT2D eigenvalue weighted by Gasteiger charge is 2.20. The van der Waals surface area contributed by atoms with Crippen LogP contribution < -0.4 is 5.32 Å². The number of hydrogen-bond acceptors (Lipinski definition) is 2. The van der Waals surface area contributed by atoms with Gasteiger partial charge >= 0.3 is 0 Å². The van der Waals surface area contributed by atoms with Crippen LogP contribution >= 0.6 is 0 Å². The first-order chi connectivity index (χ1) is 10.0. The van der Waals surface area contributed by atoms with Crippen molar-refractivity contribution in [1.29, 1.82) is 0 Å². The molecule has 0 aliphatic heterocycles. The molecule has 0 saturated heterocycles. The summed E-state index contributed by atoms with van der Waals surface area (Å²) in [5, 5.41) is 7.56. The third kappa shape index (κ3) is 3.32. The van der Waals surface area contributed by atoms with Crippen LogP contribution in [0, 0.1) is 13.8 Å². The van der Waals surface area contributed by atoms with Crippen molar-refractivity contribution < 1.29 is 4.79 Å². The molecule has 21 heavy (non-hydrogen) atoms. The van der Waals surface area contributed by atoms with Crippen molar-refractivity contribution in [1.82, 2.24) is 15.1 Å². The third-order valence-electron chi connectivity index (χ3n) is 3.62. The molecule has 1 atom stereocenters. The monoisotopic (exact) mass is 285 g/mol. The molecule has 4 nitrogen and oxygen atoms in total. The molecule has 2 aromatic rings. The Kier molecular flexibility index (Phi) is 4.78. The van der Waals surface area contributed by atoms with Crippen molar-refractivity contribution in [3.05, 3.63) is 47.3 Å². The Balaban J connectivity index is 2.30. The fraction of sp³-hybridized carbons (Fsp3) is 0.412. The summed E-state index contributed by atoms with van der Waals surface area (Å²) in [6, 6.07) is 10.1. The molecule has 1 aromatic carbocycles. The summed E-state index contributed by atoms with van der Waals surface area (Å²) in [5.74, 6) is -0.0341. The van der Waals surface area contributed by atoms with E-state index in [2.05, 4.69) is 17.3 Å². The largest absolute Gasteiger partial charge is 0.349 e. The lowest BCUT2D eigenvalue weighted by atomic mass is 10.1. The number of carbonyl (C=O) groups excluding carboxylic acids is 1. The molecule has 0 saturated carbocycles. The van der Waals surface area contributed by atoms with Gasteiger partial charge in [-0.15, -0.1) is 0 Å². The first kappa shape index (κ1) is 15.3. The fourth-order valence-corrected chi connectivity index (χ4v) is 2.59. The highest BCUT2D eigenvalue weighted by Crippen LogP contribution is 2.18. The van der Waals surface area contributed by atoms with E-state index in [9.17, 15) is 4.79 Å². The minimum atomic E-state index is -0.0341. The number of nitrogens with one attached hydrogen (secondary N) is 1. The van der Waals surface area contributed by atoms with Crippen LogP contribution in [0.15, 0.2) is 30.3 Å². The molecule has 1 N–H and O–H groups in total. The Bertz CT molecular complexity index is 616. The smallest absolute Gasteiger partial charge is 0.255 e. The minimum Gasteiger partial charge on any atom is -0.349 e. The topological polar surface area (TPSA) is 46.9 Å². The lowest BCUT2D eigenvalue weighted by molar-refractivity contribution is 0.0937. The van der Waals surface area contributed by atoms with E-state index in [-0.39, 0.29) is 11.9 Å². The van der Waals surface area contributed by atoms with Gasteiger partial charge in [-0.2, -0.15) is 5.10 Å². The van der Waals surface area contributed by atoms with Crippen LogP contribution in [0.2, 0.25) is 0 Å². The SMILES string of the molecule is CCC[C@@H](C)NC(=O)c1c(C)nn(-c2ccccc2)c1C. The number of nitrogens with zero attached hydrogens (tertiary/aromatic N) is 2. The lowest BCUT2D eigenvalue weighted by Crippen LogP contribution is -2.33. The second-order valence-corrected chi connectivity index (χ2v) is 5.46. The molecule has 1 aromatic heterocycles. The number of carbonyl (C=O) groups is 1. The fourth-order valence-electron chi connectivity index (χ4n) is 2.59. The quantitative estimate of drug-likeness (QED) is 0.915. The average molecular weight is 285 g/mol. The van der Waals surface area contributed by atoms with Gasteiger partial charge in [0.05, 0.1) is 22.6 Å². The van der Waals surface area contributed by atoms with Crippen LogP contribution in [-0.2, 0) is 0 Å². The van der Waals surface area contributed by atoms with Gasteiger partial charge in [0.1, 0.15) is 0 Å². The Labute approximate surface area is 126 Å². The van der Waals surface area contributed by atoms with Crippen LogP contribution in [-0.4, -0.2) is 21.7 Å². The molecule has 0 spiro atoms. The van der Waals surface area contributed by atoms with Crippen LogP contribution in [0.3, 0.4) is 0 Å². The minimum absolute atomic E-state index is 0.0341. The van der Waals surface area contributed by atoms with E-state index in [0.717, 1.165) is 29.9 Å². The Hall–Kier alpha value is -2.10. The number of aryl methyl sites for hydroxylation is 1. The number of benzene rings is 1. The third-order valence-corrected chi connectivity index (χ3v) is 3.62. The van der Waals surface area contributed by atoms with Gasteiger partial charge in [0, 0.05) is 6.04 Å². The van der Waals surface area contributed by atoms with Gasteiger partial charge in [0.25, 0.3) is 5.91 Å². The summed E-state index contributed by atoms with van der Waals surface area (Å²) >= 11 is 0. The summed E-state index contributed by atoms with van der Waals surface area (Å²) in [5.41, 5.74) is 3.29. The normalized spacial score (nSPS) is 12.2. The summed E-state index contributed by atoms with van der Waals surface area (Å²) in [6.45, 7) is 7.97. The van der Waals surface area contributed by atoms with Crippen LogP contribution in [0.1, 0.15) is 48.4 Å². The molecule has 0 aliphatic carbocycles. The maximum Gasteiger partial charge on any atom is 0.255 e. The van der Waals surface area contributed by atoms with Crippen molar-refractivity contribution in [2.75, 3.05) is 0 Å². The van der Waals surface area contributed by atoms with E-state index >= 15 is 0 Å². The molecule has 1 amide bonds. The summed E-state index contributed by atoms with van der Waals surface area (Å²) in [6.07, 6.45) is 2.04. The molecule has 0 unspecified atom stereocenters. The molecule has 0 bridgehead atoms. The van der Waals surface area contributed by atoms with Gasteiger partial charge in [-0.3, -0.25) is 4.79 Å². The zero-order valence-electron chi connectivity index (χ0n) is 13.2. The lowest BCUT2D eigenvalue weighted by Gasteiger charge is -2.13. The Morgan fingerprint density at radius 2 is 1.95 bits per heavy atom. The van der Waals surface area contributed by atoms with Crippen LogP contribution in [0.4, 0.5) is 0 Å². The average Bonchev–Trinajstić information content (AvgIpc) is 2.75. The van der Waals surface area contributed by atoms with Gasteiger partial charge < -0.3 is 5.32 Å². The van der Waals surface area contributed by atoms with Crippen molar-refractivity contribution in [2.45, 2.75) is 46.6 Å². The number of hydrogen-bond donors (Lipinski definition) is 1. The highest BCUT2D eigenvalue weighted by atomic mass is 16.1. The molecular weight excluding hydrogens is 262 g/mol. The molecule has 112 valence electrons. The predicted octanol–water partition coefficient (Wildman–Crippen LogP) is 3.41. The zero-order valence-corrected chi connectivity index (χ0v) is 13.2. The second-order valence-electron chi connectivity index (χ2n) is 5.46. The predicted molar refractivity (Wildman–Crippen MR) is 84.9 cm³/mol. The van der Waals surface area contributed by atoms with Gasteiger partial charge in [0.2, 0.25) is 0 Å². The standard InChI is InChI=1S/C17H23N3O/c1-5-9-12(2)18-17(21)16-13(3)19-20(14(16)4)15-10-7-6-8-11-15/h6-8,10-12H,5,9H2,1-4H3,(H,18,21)/t12-/m1/s1. The second kappa shape index (κ2) is 6.57. The van der Waals surface area contributed by atoms with E-state index in [1.54, 1.807) is 0 Å². The number of rotatable bonds is 5. The van der Waals surface area contributed by atoms with Gasteiger partial charge in [-0.1, -0.05) is 31.5 Å². The van der Waals surface area contributed by atoms with E-state index in [1.165, 1.54) is 0 Å². The maximum absolute atomic E-state index is 12.5. The van der Waals surface area contributed by atoms with Gasteiger partial charge in [0.15, 0.2) is 0 Å². The molecule has 0 radical (unpaired) electrons. The van der Waals surface area contributed by atoms with Gasteiger partial charge in [-0.05, 0) is 39.3 Å². The van der Waals surface area contributed by atoms with E-state index in [0.29, 0.717) is 5.56 Å². The van der Waals surface area contributed by atoms with E-state index in [1.807, 2.05) is 55.8 Å². The maximum atomic E-state index is 12.5. The van der Waals surface area contributed by atoms with Crippen molar-refractivity contribution in [3.63, 3.8) is 0 Å². The number of para-hydroxylation sites is 1. The first-order valence-electron chi connectivity index (χ1n) is 7.47. The van der Waals surface area contributed by atoms with Crippen LogP contribution in [0.25, 0.3) is 5.69 Å². The number of amides is 1. The van der Waals surface area contributed by atoms with E-state index < -0.39 is 0 Å². The molecular formula is C17H23N3O. The highest BCUT2D eigenvalue weighted by molar-refractivity contribution is 5.96. The van der Waals surface area contributed by atoms with Gasteiger partial charge in [-0.25, -0.2) is 4.68 Å². The van der Waals surface area contributed by atoms with Crippen LogP contribution in [0.5, 0.6) is 0 Å². The van der Waals surface area contributed by atoms with Crippen molar-refractivity contribution in [3.8, 4) is 5.69 Å². The van der Waals surface area contributed by atoms with Crippen molar-refractivity contribution in [2.24, 2.45) is 0 Å². The molecule has 0 aliphatic rings.